The molecule has 3 aliphatic rings. The Hall–Kier alpha value is -0.330. The second kappa shape index (κ2) is 2.37. The van der Waals surface area contributed by atoms with Crippen LogP contribution in [0.2, 0.25) is 0 Å². The van der Waals surface area contributed by atoms with Crippen molar-refractivity contribution in [2.75, 3.05) is 0 Å². The minimum Gasteiger partial charge on any atom is -0.299 e. The normalized spacial score (nSPS) is 49.1. The second-order valence-electron chi connectivity index (χ2n) is 5.38. The molecule has 0 N–H and O–H groups in total. The molecule has 0 heterocycles. The number of carbonyl (C=O) groups excluding carboxylic acids is 1. The van der Waals surface area contributed by atoms with Crippen molar-refractivity contribution in [1.82, 2.24) is 0 Å². The Balaban J connectivity index is 1.87. The molecule has 0 amide bonds. The maximum atomic E-state index is 11.7. The quantitative estimate of drug-likeness (QED) is 0.557. The standard InChI is InChI=1S/C12H18O/c13-10-9-11-5-3-1-2-4-6-12(10,11)8-7-11/h1-9H2. The lowest BCUT2D eigenvalue weighted by molar-refractivity contribution is -0.196. The van der Waals surface area contributed by atoms with E-state index in [1.54, 1.807) is 0 Å². The number of hydrogen-bond donors (Lipinski definition) is 0. The Kier molecular flexibility index (Phi) is 1.46. The third kappa shape index (κ3) is 0.769. The first-order valence-corrected chi connectivity index (χ1v) is 5.83. The molecule has 1 heteroatoms. The number of carbonyl (C=O) groups is 1. The Bertz CT molecular complexity index is 258. The van der Waals surface area contributed by atoms with E-state index in [1.807, 2.05) is 0 Å². The third-order valence-corrected chi connectivity index (χ3v) is 5.09. The van der Waals surface area contributed by atoms with Gasteiger partial charge in [0.15, 0.2) is 0 Å². The zero-order valence-corrected chi connectivity index (χ0v) is 8.27. The van der Waals surface area contributed by atoms with Crippen molar-refractivity contribution in [1.29, 1.82) is 0 Å². The molecule has 0 radical (unpaired) electrons. The van der Waals surface area contributed by atoms with Gasteiger partial charge in [-0.15, -0.1) is 0 Å². The Morgan fingerprint density at radius 1 is 0.846 bits per heavy atom. The van der Waals surface area contributed by atoms with Gasteiger partial charge in [0.05, 0.1) is 0 Å². The highest BCUT2D eigenvalue weighted by molar-refractivity contribution is 5.94. The lowest BCUT2D eigenvalue weighted by Crippen LogP contribution is -2.66. The SMILES string of the molecule is O=C1CC23CCCCCCC12CC3. The highest BCUT2D eigenvalue weighted by Crippen LogP contribution is 2.72. The second-order valence-corrected chi connectivity index (χ2v) is 5.38. The van der Waals surface area contributed by atoms with E-state index in [1.165, 1.54) is 51.4 Å². The van der Waals surface area contributed by atoms with Crippen molar-refractivity contribution in [3.63, 3.8) is 0 Å². The van der Waals surface area contributed by atoms with Gasteiger partial charge in [-0.25, -0.2) is 0 Å². The van der Waals surface area contributed by atoms with Crippen LogP contribution in [0, 0.1) is 10.8 Å². The highest BCUT2D eigenvalue weighted by atomic mass is 16.1. The minimum atomic E-state index is 0.230. The molecule has 2 atom stereocenters. The van der Waals surface area contributed by atoms with Crippen LogP contribution in [0.3, 0.4) is 0 Å². The van der Waals surface area contributed by atoms with E-state index >= 15 is 0 Å². The van der Waals surface area contributed by atoms with Crippen LogP contribution in [-0.4, -0.2) is 5.78 Å². The number of hydrogen-bond acceptors (Lipinski definition) is 1. The molecule has 3 aliphatic carbocycles. The van der Waals surface area contributed by atoms with Crippen molar-refractivity contribution in [2.24, 2.45) is 10.8 Å². The van der Waals surface area contributed by atoms with E-state index in [9.17, 15) is 4.79 Å². The molecule has 72 valence electrons. The lowest BCUT2D eigenvalue weighted by atomic mass is 9.34. The topological polar surface area (TPSA) is 17.1 Å². The summed E-state index contributed by atoms with van der Waals surface area (Å²) in [5, 5.41) is 0. The van der Waals surface area contributed by atoms with Crippen LogP contribution in [-0.2, 0) is 4.79 Å². The Labute approximate surface area is 79.9 Å². The number of Topliss-reactive ketones (excluding diaryl/α,β-unsaturated/α-hetero) is 1. The first-order chi connectivity index (χ1) is 6.29. The molecule has 0 aliphatic heterocycles. The predicted molar refractivity (Wildman–Crippen MR) is 51.4 cm³/mol. The van der Waals surface area contributed by atoms with Crippen molar-refractivity contribution in [3.05, 3.63) is 0 Å². The van der Waals surface area contributed by atoms with Crippen LogP contribution in [0.25, 0.3) is 0 Å². The van der Waals surface area contributed by atoms with Crippen molar-refractivity contribution in [2.45, 2.75) is 57.8 Å². The summed E-state index contributed by atoms with van der Waals surface area (Å²) in [4.78, 5) is 11.7. The maximum Gasteiger partial charge on any atom is 0.140 e. The summed E-state index contributed by atoms with van der Waals surface area (Å²) < 4.78 is 0. The fourth-order valence-corrected chi connectivity index (χ4v) is 4.07. The Morgan fingerprint density at radius 2 is 1.62 bits per heavy atom. The van der Waals surface area contributed by atoms with Crippen LogP contribution in [0.5, 0.6) is 0 Å². The molecule has 3 rings (SSSR count). The van der Waals surface area contributed by atoms with Crippen LogP contribution in [0.15, 0.2) is 0 Å². The molecular weight excluding hydrogens is 160 g/mol. The molecule has 0 aromatic carbocycles. The average Bonchev–Trinajstić information content (AvgIpc) is 2.13. The van der Waals surface area contributed by atoms with Gasteiger partial charge in [-0.3, -0.25) is 4.79 Å². The van der Waals surface area contributed by atoms with Gasteiger partial charge in [-0.1, -0.05) is 25.7 Å². The summed E-state index contributed by atoms with van der Waals surface area (Å²) in [6.45, 7) is 0. The molecule has 0 bridgehead atoms. The van der Waals surface area contributed by atoms with E-state index in [0.29, 0.717) is 11.2 Å². The Morgan fingerprint density at radius 3 is 2.23 bits per heavy atom. The molecule has 3 fully saturated rings. The van der Waals surface area contributed by atoms with Crippen LogP contribution in [0.4, 0.5) is 0 Å². The van der Waals surface area contributed by atoms with Gasteiger partial charge in [0.1, 0.15) is 5.78 Å². The van der Waals surface area contributed by atoms with E-state index in [2.05, 4.69) is 0 Å². The summed E-state index contributed by atoms with van der Waals surface area (Å²) in [5.41, 5.74) is 0.762. The average molecular weight is 178 g/mol. The summed E-state index contributed by atoms with van der Waals surface area (Å²) in [6.07, 6.45) is 11.6. The first kappa shape index (κ1) is 8.02. The first-order valence-electron chi connectivity index (χ1n) is 5.83. The zero-order chi connectivity index (χ0) is 8.94. The van der Waals surface area contributed by atoms with E-state index < -0.39 is 0 Å². The fourth-order valence-electron chi connectivity index (χ4n) is 4.07. The lowest BCUT2D eigenvalue weighted by Gasteiger charge is -2.67. The number of rotatable bonds is 0. The van der Waals surface area contributed by atoms with Gasteiger partial charge >= 0.3 is 0 Å². The van der Waals surface area contributed by atoms with E-state index in [4.69, 9.17) is 0 Å². The van der Waals surface area contributed by atoms with Crippen molar-refractivity contribution < 1.29 is 4.79 Å². The maximum absolute atomic E-state index is 11.7. The largest absolute Gasteiger partial charge is 0.299 e. The summed E-state index contributed by atoms with van der Waals surface area (Å²) in [6, 6.07) is 0. The summed E-state index contributed by atoms with van der Waals surface area (Å²) >= 11 is 0. The predicted octanol–water partition coefficient (Wildman–Crippen LogP) is 3.08. The van der Waals surface area contributed by atoms with Crippen LogP contribution in [0.1, 0.15) is 57.8 Å². The highest BCUT2D eigenvalue weighted by Gasteiger charge is 2.69. The number of ketones is 1. The molecule has 2 unspecified atom stereocenters. The zero-order valence-electron chi connectivity index (χ0n) is 8.27. The van der Waals surface area contributed by atoms with E-state index in [-0.39, 0.29) is 5.41 Å². The van der Waals surface area contributed by atoms with Crippen LogP contribution < -0.4 is 0 Å². The molecule has 0 saturated heterocycles. The van der Waals surface area contributed by atoms with Crippen LogP contribution >= 0.6 is 0 Å². The summed E-state index contributed by atoms with van der Waals surface area (Å²) in [7, 11) is 0. The van der Waals surface area contributed by atoms with Gasteiger partial charge in [0, 0.05) is 11.8 Å². The molecule has 13 heavy (non-hydrogen) atoms. The monoisotopic (exact) mass is 178 g/mol. The van der Waals surface area contributed by atoms with Crippen molar-refractivity contribution >= 4 is 5.78 Å². The molecule has 3 saturated carbocycles. The third-order valence-electron chi connectivity index (χ3n) is 5.09. The van der Waals surface area contributed by atoms with Gasteiger partial charge in [0.2, 0.25) is 0 Å². The summed E-state index contributed by atoms with van der Waals surface area (Å²) in [5.74, 6) is 0.612. The van der Waals surface area contributed by atoms with Gasteiger partial charge in [0.25, 0.3) is 0 Å². The molecule has 0 spiro atoms. The fraction of sp³-hybridized carbons (Fsp3) is 0.917. The smallest absolute Gasteiger partial charge is 0.140 e. The molecular formula is C12H18O. The van der Waals surface area contributed by atoms with E-state index in [0.717, 1.165) is 6.42 Å². The molecule has 0 aromatic heterocycles. The van der Waals surface area contributed by atoms with Gasteiger partial charge in [-0.05, 0) is 31.1 Å². The van der Waals surface area contributed by atoms with Crippen molar-refractivity contribution in [3.8, 4) is 0 Å². The molecule has 1 nitrogen and oxygen atoms in total. The minimum absolute atomic E-state index is 0.230. The van der Waals surface area contributed by atoms with Gasteiger partial charge in [-0.2, -0.15) is 0 Å². The molecule has 0 aromatic rings. The van der Waals surface area contributed by atoms with Gasteiger partial charge < -0.3 is 0 Å².